The molecule has 0 spiro atoms. The summed E-state index contributed by atoms with van der Waals surface area (Å²) in [6.45, 7) is 15.4. The van der Waals surface area contributed by atoms with Gasteiger partial charge in [-0.3, -0.25) is 9.69 Å². The predicted octanol–water partition coefficient (Wildman–Crippen LogP) is 1.87. The number of amides is 1. The third kappa shape index (κ3) is 8.31. The Morgan fingerprint density at radius 2 is 1.79 bits per heavy atom. The molecule has 2 rings (SSSR count). The molecule has 0 aliphatic carbocycles. The van der Waals surface area contributed by atoms with Gasteiger partial charge in [-0.1, -0.05) is 17.7 Å². The van der Waals surface area contributed by atoms with E-state index in [-0.39, 0.29) is 18.1 Å². The van der Waals surface area contributed by atoms with Crippen molar-refractivity contribution in [3.8, 4) is 5.75 Å². The second-order valence-corrected chi connectivity index (χ2v) is 7.92. The number of guanidine groups is 1. The Morgan fingerprint density at radius 3 is 2.38 bits per heavy atom. The molecule has 0 aromatic heterocycles. The minimum Gasteiger partial charge on any atom is -0.489 e. The van der Waals surface area contributed by atoms with Gasteiger partial charge < -0.3 is 20.3 Å². The number of hydrogen-bond acceptors (Lipinski definition) is 4. The first-order chi connectivity index (χ1) is 13.9. The Labute approximate surface area is 175 Å². The minimum absolute atomic E-state index is 0.00705. The highest BCUT2D eigenvalue weighted by atomic mass is 16.5. The lowest BCUT2D eigenvalue weighted by Crippen LogP contribution is -2.54. The second kappa shape index (κ2) is 11.7. The van der Waals surface area contributed by atoms with E-state index >= 15 is 0 Å². The molecule has 29 heavy (non-hydrogen) atoms. The van der Waals surface area contributed by atoms with Crippen molar-refractivity contribution < 1.29 is 9.53 Å². The number of ether oxygens (including phenoxy) is 1. The minimum atomic E-state index is -0.00705. The summed E-state index contributed by atoms with van der Waals surface area (Å²) in [6.07, 6.45) is -0.00705. The topological polar surface area (TPSA) is 69.2 Å². The Morgan fingerprint density at radius 1 is 1.14 bits per heavy atom. The van der Waals surface area contributed by atoms with E-state index in [1.54, 1.807) is 0 Å². The average Bonchev–Trinajstić information content (AvgIpc) is 2.67. The van der Waals surface area contributed by atoms with Gasteiger partial charge in [0.15, 0.2) is 5.96 Å². The number of rotatable bonds is 8. The first kappa shape index (κ1) is 23.0. The predicted molar refractivity (Wildman–Crippen MR) is 119 cm³/mol. The number of carbonyl (C=O) groups is 1. The number of carbonyl (C=O) groups excluding carboxylic acids is 1. The van der Waals surface area contributed by atoms with E-state index in [1.165, 1.54) is 5.56 Å². The molecule has 1 unspecified atom stereocenters. The van der Waals surface area contributed by atoms with Crippen molar-refractivity contribution in [3.63, 3.8) is 0 Å². The van der Waals surface area contributed by atoms with Gasteiger partial charge in [-0.15, -0.1) is 0 Å². The van der Waals surface area contributed by atoms with Crippen LogP contribution in [0.2, 0.25) is 0 Å². The smallest absolute Gasteiger partial charge is 0.234 e. The molecule has 7 heteroatoms. The fraction of sp³-hybridized carbons (Fsp3) is 0.636. The zero-order valence-electron chi connectivity index (χ0n) is 18.6. The van der Waals surface area contributed by atoms with Crippen molar-refractivity contribution in [2.24, 2.45) is 4.99 Å². The molecular weight excluding hydrogens is 366 g/mol. The summed E-state index contributed by atoms with van der Waals surface area (Å²) >= 11 is 0. The van der Waals surface area contributed by atoms with Gasteiger partial charge in [-0.25, -0.2) is 4.99 Å². The van der Waals surface area contributed by atoms with Gasteiger partial charge in [-0.05, 0) is 46.8 Å². The molecule has 7 nitrogen and oxygen atoms in total. The molecule has 1 fully saturated rings. The Bertz CT molecular complexity index is 652. The highest BCUT2D eigenvalue weighted by Gasteiger charge is 2.21. The monoisotopic (exact) mass is 403 g/mol. The summed E-state index contributed by atoms with van der Waals surface area (Å²) in [5.74, 6) is 1.88. The van der Waals surface area contributed by atoms with Crippen LogP contribution in [0.25, 0.3) is 0 Å². The van der Waals surface area contributed by atoms with Crippen LogP contribution in [0.1, 0.15) is 33.3 Å². The fourth-order valence-electron chi connectivity index (χ4n) is 3.22. The summed E-state index contributed by atoms with van der Waals surface area (Å²) in [6, 6.07) is 8.28. The number of aryl methyl sites for hydroxylation is 1. The first-order valence-electron chi connectivity index (χ1n) is 10.7. The standard InChI is InChI=1S/C22H37N5O2/c1-6-23-22(24-15-19(5)29-20-9-7-18(4)8-10-20)27-13-11-26(12-14-27)16-21(28)25-17(2)3/h7-10,17,19H,6,11-16H2,1-5H3,(H,23,24)(H,25,28). The molecule has 0 saturated carbocycles. The summed E-state index contributed by atoms with van der Waals surface area (Å²) < 4.78 is 5.97. The quantitative estimate of drug-likeness (QED) is 0.512. The molecule has 2 N–H and O–H groups in total. The van der Waals surface area contributed by atoms with Crippen LogP contribution in [0, 0.1) is 6.92 Å². The van der Waals surface area contributed by atoms with Crippen molar-refractivity contribution in [1.29, 1.82) is 0 Å². The number of aliphatic imine (C=N–C) groups is 1. The second-order valence-electron chi connectivity index (χ2n) is 7.92. The molecule has 1 aromatic carbocycles. The Balaban J connectivity index is 1.84. The molecular formula is C22H37N5O2. The maximum Gasteiger partial charge on any atom is 0.234 e. The molecule has 0 radical (unpaired) electrons. The third-order valence-electron chi connectivity index (χ3n) is 4.68. The van der Waals surface area contributed by atoms with Gasteiger partial charge in [0.2, 0.25) is 5.91 Å². The van der Waals surface area contributed by atoms with Crippen molar-refractivity contribution in [2.75, 3.05) is 45.8 Å². The Kier molecular flexibility index (Phi) is 9.25. The van der Waals surface area contributed by atoms with Crippen LogP contribution in [0.4, 0.5) is 0 Å². The third-order valence-corrected chi connectivity index (χ3v) is 4.68. The largest absolute Gasteiger partial charge is 0.489 e. The normalized spacial score (nSPS) is 16.6. The van der Waals surface area contributed by atoms with Crippen molar-refractivity contribution in [2.45, 2.75) is 46.8 Å². The number of hydrogen-bond donors (Lipinski definition) is 2. The van der Waals surface area contributed by atoms with Gasteiger partial charge in [0.1, 0.15) is 11.9 Å². The lowest BCUT2D eigenvalue weighted by Gasteiger charge is -2.36. The summed E-state index contributed by atoms with van der Waals surface area (Å²) in [5, 5.41) is 6.34. The van der Waals surface area contributed by atoms with Gasteiger partial charge in [0.05, 0.1) is 13.1 Å². The van der Waals surface area contributed by atoms with Crippen LogP contribution in [0.3, 0.4) is 0 Å². The lowest BCUT2D eigenvalue weighted by atomic mass is 10.2. The van der Waals surface area contributed by atoms with Crippen LogP contribution >= 0.6 is 0 Å². The van der Waals surface area contributed by atoms with Gasteiger partial charge in [-0.2, -0.15) is 0 Å². The first-order valence-corrected chi connectivity index (χ1v) is 10.7. The molecule has 1 aliphatic rings. The van der Waals surface area contributed by atoms with E-state index in [4.69, 9.17) is 9.73 Å². The molecule has 162 valence electrons. The molecule has 1 aromatic rings. The lowest BCUT2D eigenvalue weighted by molar-refractivity contribution is -0.123. The number of benzene rings is 1. The van der Waals surface area contributed by atoms with Crippen LogP contribution in [0.15, 0.2) is 29.3 Å². The zero-order chi connectivity index (χ0) is 21.2. The van der Waals surface area contributed by atoms with E-state index < -0.39 is 0 Å². The molecule has 1 amide bonds. The molecule has 1 saturated heterocycles. The highest BCUT2D eigenvalue weighted by Crippen LogP contribution is 2.13. The molecule has 1 heterocycles. The zero-order valence-corrected chi connectivity index (χ0v) is 18.6. The Hall–Kier alpha value is -2.28. The van der Waals surface area contributed by atoms with Crippen LogP contribution in [0.5, 0.6) is 5.75 Å². The van der Waals surface area contributed by atoms with Crippen LogP contribution < -0.4 is 15.4 Å². The van der Waals surface area contributed by atoms with E-state index in [0.29, 0.717) is 13.1 Å². The van der Waals surface area contributed by atoms with Crippen LogP contribution in [-0.2, 0) is 4.79 Å². The summed E-state index contributed by atoms with van der Waals surface area (Å²) in [4.78, 5) is 21.2. The maximum atomic E-state index is 12.0. The summed E-state index contributed by atoms with van der Waals surface area (Å²) in [7, 11) is 0. The van der Waals surface area contributed by atoms with Crippen molar-refractivity contribution >= 4 is 11.9 Å². The van der Waals surface area contributed by atoms with Crippen LogP contribution in [-0.4, -0.2) is 79.6 Å². The average molecular weight is 404 g/mol. The number of nitrogens with one attached hydrogen (secondary N) is 2. The summed E-state index contributed by atoms with van der Waals surface area (Å²) in [5.41, 5.74) is 1.22. The molecule has 1 aliphatic heterocycles. The molecule has 1 atom stereocenters. The SMILES string of the molecule is CCNC(=NCC(C)Oc1ccc(C)cc1)N1CCN(CC(=O)NC(C)C)CC1. The van der Waals surface area contributed by atoms with E-state index in [2.05, 4.69) is 46.4 Å². The number of nitrogens with zero attached hydrogens (tertiary/aromatic N) is 3. The van der Waals surface area contributed by atoms with Crippen molar-refractivity contribution in [3.05, 3.63) is 29.8 Å². The van der Waals surface area contributed by atoms with Gasteiger partial charge in [0.25, 0.3) is 0 Å². The number of piperazine rings is 1. The van der Waals surface area contributed by atoms with Crippen molar-refractivity contribution in [1.82, 2.24) is 20.4 Å². The highest BCUT2D eigenvalue weighted by molar-refractivity contribution is 5.80. The van der Waals surface area contributed by atoms with Gasteiger partial charge in [0, 0.05) is 38.8 Å². The fourth-order valence-corrected chi connectivity index (χ4v) is 3.22. The van der Waals surface area contributed by atoms with E-state index in [9.17, 15) is 4.79 Å². The maximum absolute atomic E-state index is 12.0. The van der Waals surface area contributed by atoms with Gasteiger partial charge >= 0.3 is 0 Å². The molecule has 0 bridgehead atoms. The van der Waals surface area contributed by atoms with E-state index in [1.807, 2.05) is 32.9 Å². The van der Waals surface area contributed by atoms with E-state index in [0.717, 1.165) is 44.4 Å².